The second-order valence-corrected chi connectivity index (χ2v) is 5.65. The second-order valence-electron chi connectivity index (χ2n) is 5.65. The summed E-state index contributed by atoms with van der Waals surface area (Å²) in [6.45, 7) is 2.30. The van der Waals surface area contributed by atoms with Crippen molar-refractivity contribution in [1.82, 2.24) is 0 Å². The highest BCUT2D eigenvalue weighted by atomic mass is 19.3. The van der Waals surface area contributed by atoms with Crippen molar-refractivity contribution < 1.29 is 23.0 Å². The lowest BCUT2D eigenvalue weighted by atomic mass is 9.92. The van der Waals surface area contributed by atoms with E-state index in [1.54, 1.807) is 19.1 Å². The third-order valence-corrected chi connectivity index (χ3v) is 3.90. The summed E-state index contributed by atoms with van der Waals surface area (Å²) in [5.41, 5.74) is 7.21. The van der Waals surface area contributed by atoms with Crippen LogP contribution >= 0.6 is 0 Å². The Kier molecular flexibility index (Phi) is 6.29. The highest BCUT2D eigenvalue weighted by Gasteiger charge is 2.26. The van der Waals surface area contributed by atoms with Gasteiger partial charge in [0.15, 0.2) is 0 Å². The van der Waals surface area contributed by atoms with Crippen LogP contribution < -0.4 is 15.8 Å². The summed E-state index contributed by atoms with van der Waals surface area (Å²) in [4.78, 5) is 12.2. The van der Waals surface area contributed by atoms with Gasteiger partial charge in [-0.3, -0.25) is 4.79 Å². The van der Waals surface area contributed by atoms with Crippen LogP contribution in [0.5, 0.6) is 5.75 Å². The zero-order chi connectivity index (χ0) is 16.8. The van der Waals surface area contributed by atoms with Gasteiger partial charge in [-0.1, -0.05) is 6.07 Å². The number of nitrogens with one attached hydrogen (secondary N) is 1. The van der Waals surface area contributed by atoms with E-state index in [4.69, 9.17) is 15.2 Å². The topological polar surface area (TPSA) is 73.6 Å². The molecule has 0 saturated carbocycles. The van der Waals surface area contributed by atoms with Crippen molar-refractivity contribution in [2.24, 2.45) is 11.7 Å². The predicted molar refractivity (Wildman–Crippen MR) is 82.8 cm³/mol. The minimum Gasteiger partial charge on any atom is -0.487 e. The number of hydrogen-bond acceptors (Lipinski definition) is 4. The number of halogens is 2. The average Bonchev–Trinajstić information content (AvgIpc) is 2.55. The fraction of sp³-hybridized carbons (Fsp3) is 0.562. The Morgan fingerprint density at radius 1 is 1.43 bits per heavy atom. The molecule has 1 amide bonds. The lowest BCUT2D eigenvalue weighted by molar-refractivity contribution is -0.119. The Morgan fingerprint density at radius 2 is 2.13 bits per heavy atom. The molecule has 0 bridgehead atoms. The number of carbonyl (C=O) groups is 1. The van der Waals surface area contributed by atoms with Crippen molar-refractivity contribution in [1.29, 1.82) is 0 Å². The van der Waals surface area contributed by atoms with Crippen LogP contribution in [0, 0.1) is 12.8 Å². The summed E-state index contributed by atoms with van der Waals surface area (Å²) in [7, 11) is 0. The number of amides is 1. The first-order valence-corrected chi connectivity index (χ1v) is 7.63. The van der Waals surface area contributed by atoms with Crippen molar-refractivity contribution in [3.05, 3.63) is 23.8 Å². The smallest absolute Gasteiger partial charge is 0.272 e. The monoisotopic (exact) mass is 328 g/mol. The van der Waals surface area contributed by atoms with Gasteiger partial charge in [0.2, 0.25) is 5.91 Å². The molecule has 0 aromatic heterocycles. The van der Waals surface area contributed by atoms with Gasteiger partial charge in [-0.2, -0.15) is 0 Å². The van der Waals surface area contributed by atoms with Gasteiger partial charge in [-0.15, -0.1) is 0 Å². The van der Waals surface area contributed by atoms with Gasteiger partial charge in [0.05, 0.1) is 6.04 Å². The van der Waals surface area contributed by atoms with Crippen LogP contribution in [0.1, 0.15) is 18.4 Å². The predicted octanol–water partition coefficient (Wildman–Crippen LogP) is 2.33. The van der Waals surface area contributed by atoms with Crippen LogP contribution in [0.3, 0.4) is 0 Å². The number of benzene rings is 1. The SMILES string of the molecule is Cc1ccc(NC(=O)C(N)C2CCOCC2)cc1OCC(F)F. The van der Waals surface area contributed by atoms with E-state index in [0.29, 0.717) is 24.7 Å². The van der Waals surface area contributed by atoms with Crippen LogP contribution in [0.25, 0.3) is 0 Å². The molecule has 1 fully saturated rings. The third-order valence-electron chi connectivity index (χ3n) is 3.90. The number of hydrogen-bond donors (Lipinski definition) is 2. The molecule has 1 heterocycles. The largest absolute Gasteiger partial charge is 0.487 e. The Hall–Kier alpha value is -1.73. The van der Waals surface area contributed by atoms with E-state index >= 15 is 0 Å². The maximum Gasteiger partial charge on any atom is 0.272 e. The van der Waals surface area contributed by atoms with Crippen LogP contribution in [-0.2, 0) is 9.53 Å². The second kappa shape index (κ2) is 8.21. The van der Waals surface area contributed by atoms with E-state index in [1.165, 1.54) is 6.07 Å². The molecule has 1 aromatic rings. The van der Waals surface area contributed by atoms with E-state index in [-0.39, 0.29) is 11.8 Å². The first kappa shape index (κ1) is 17.6. The van der Waals surface area contributed by atoms with Gasteiger partial charge >= 0.3 is 0 Å². The molecule has 128 valence electrons. The minimum atomic E-state index is -2.55. The van der Waals surface area contributed by atoms with Crippen molar-refractivity contribution in [3.63, 3.8) is 0 Å². The molecule has 1 saturated heterocycles. The summed E-state index contributed by atoms with van der Waals surface area (Å²) in [6.07, 6.45) is -1.04. The highest BCUT2D eigenvalue weighted by molar-refractivity contribution is 5.95. The lowest BCUT2D eigenvalue weighted by Crippen LogP contribution is -2.44. The Morgan fingerprint density at radius 3 is 2.78 bits per heavy atom. The quantitative estimate of drug-likeness (QED) is 0.840. The molecule has 0 radical (unpaired) electrons. The molecule has 1 unspecified atom stereocenters. The van der Waals surface area contributed by atoms with E-state index in [9.17, 15) is 13.6 Å². The standard InChI is InChI=1S/C16H22F2N2O3/c1-10-2-3-12(8-13(10)23-9-14(17)18)20-16(21)15(19)11-4-6-22-7-5-11/h2-3,8,11,14-15H,4-7,9,19H2,1H3,(H,20,21). The van der Waals surface area contributed by atoms with Gasteiger partial charge in [0, 0.05) is 25.0 Å². The molecular weight excluding hydrogens is 306 g/mol. The Bertz CT molecular complexity index is 534. The Balaban J connectivity index is 1.98. The van der Waals surface area contributed by atoms with Crippen LogP contribution in [0.2, 0.25) is 0 Å². The molecule has 7 heteroatoms. The number of nitrogens with two attached hydrogens (primary N) is 1. The summed E-state index contributed by atoms with van der Waals surface area (Å²) in [5, 5.41) is 2.72. The van der Waals surface area contributed by atoms with E-state index < -0.39 is 19.1 Å². The first-order valence-electron chi connectivity index (χ1n) is 7.63. The summed E-state index contributed by atoms with van der Waals surface area (Å²) in [6, 6.07) is 4.31. The molecular formula is C16H22F2N2O3. The maximum absolute atomic E-state index is 12.3. The molecule has 0 spiro atoms. The number of carbonyl (C=O) groups excluding carboxylic acids is 1. The van der Waals surface area contributed by atoms with Gasteiger partial charge in [0.1, 0.15) is 12.4 Å². The lowest BCUT2D eigenvalue weighted by Gasteiger charge is -2.26. The Labute approximate surface area is 134 Å². The van der Waals surface area contributed by atoms with E-state index in [0.717, 1.165) is 18.4 Å². The fourth-order valence-corrected chi connectivity index (χ4v) is 2.50. The van der Waals surface area contributed by atoms with E-state index in [1.807, 2.05) is 0 Å². The fourth-order valence-electron chi connectivity index (χ4n) is 2.50. The maximum atomic E-state index is 12.3. The molecule has 2 rings (SSSR count). The molecule has 5 nitrogen and oxygen atoms in total. The summed E-state index contributed by atoms with van der Waals surface area (Å²) < 4.78 is 34.8. The van der Waals surface area contributed by atoms with Crippen molar-refractivity contribution in [3.8, 4) is 5.75 Å². The molecule has 1 aromatic carbocycles. The molecule has 23 heavy (non-hydrogen) atoms. The van der Waals surface area contributed by atoms with Gasteiger partial charge < -0.3 is 20.5 Å². The molecule has 1 aliphatic rings. The number of anilines is 1. The molecule has 1 aliphatic heterocycles. The number of ether oxygens (including phenoxy) is 2. The normalized spacial score (nSPS) is 17.1. The van der Waals surface area contributed by atoms with Gasteiger partial charge in [-0.05, 0) is 37.3 Å². The molecule has 3 N–H and O–H groups in total. The average molecular weight is 328 g/mol. The van der Waals surface area contributed by atoms with Crippen LogP contribution in [-0.4, -0.2) is 38.2 Å². The van der Waals surface area contributed by atoms with Crippen molar-refractivity contribution in [2.45, 2.75) is 32.2 Å². The minimum absolute atomic E-state index is 0.0868. The first-order chi connectivity index (χ1) is 11.0. The van der Waals surface area contributed by atoms with E-state index in [2.05, 4.69) is 5.32 Å². The molecule has 0 aliphatic carbocycles. The summed E-state index contributed by atoms with van der Waals surface area (Å²) in [5.74, 6) is 0.118. The number of aryl methyl sites for hydroxylation is 1. The zero-order valence-corrected chi connectivity index (χ0v) is 13.1. The van der Waals surface area contributed by atoms with Crippen LogP contribution in [0.4, 0.5) is 14.5 Å². The number of rotatable bonds is 6. The van der Waals surface area contributed by atoms with Crippen molar-refractivity contribution >= 4 is 11.6 Å². The van der Waals surface area contributed by atoms with Crippen molar-refractivity contribution in [2.75, 3.05) is 25.1 Å². The summed E-state index contributed by atoms with van der Waals surface area (Å²) >= 11 is 0. The van der Waals surface area contributed by atoms with Gasteiger partial charge in [-0.25, -0.2) is 8.78 Å². The zero-order valence-electron chi connectivity index (χ0n) is 13.1. The highest BCUT2D eigenvalue weighted by Crippen LogP contribution is 2.24. The number of alkyl halides is 2. The molecule has 1 atom stereocenters. The van der Waals surface area contributed by atoms with Gasteiger partial charge in [0.25, 0.3) is 6.43 Å². The third kappa shape index (κ3) is 5.14. The van der Waals surface area contributed by atoms with Crippen LogP contribution in [0.15, 0.2) is 18.2 Å².